The van der Waals surface area contributed by atoms with Crippen molar-refractivity contribution in [1.82, 2.24) is 0 Å². The van der Waals surface area contributed by atoms with Crippen molar-refractivity contribution in [3.63, 3.8) is 0 Å². The fourth-order valence-corrected chi connectivity index (χ4v) is 8.91. The summed E-state index contributed by atoms with van der Waals surface area (Å²) in [6.07, 6.45) is 0. The van der Waals surface area contributed by atoms with Crippen molar-refractivity contribution in [3.05, 3.63) is 261 Å². The molecule has 0 aliphatic heterocycles. The molecular weight excluding hydrogens is 775 g/mol. The SMILES string of the molecule is c1ccc(-c2ccc(-c3ccc(N(c4ccc(-c5cccc(-c6oc7ccccc7c6-c6ccccc6)c5)cc4)c4ccc(-c5ccccc5-c5ccccc5)cc4)cc3)cc2)cc1. The maximum absolute atomic E-state index is 6.60. The zero-order valence-electron chi connectivity index (χ0n) is 35.2. The molecule has 11 aromatic rings. The van der Waals surface area contributed by atoms with Crippen molar-refractivity contribution in [2.45, 2.75) is 0 Å². The zero-order chi connectivity index (χ0) is 42.7. The van der Waals surface area contributed by atoms with Crippen LogP contribution < -0.4 is 4.90 Å². The van der Waals surface area contributed by atoms with Crippen LogP contribution in [-0.2, 0) is 0 Å². The molecule has 1 heterocycles. The lowest BCUT2D eigenvalue weighted by Gasteiger charge is -2.26. The van der Waals surface area contributed by atoms with Gasteiger partial charge in [0.2, 0.25) is 0 Å². The van der Waals surface area contributed by atoms with Crippen molar-refractivity contribution >= 4 is 28.0 Å². The average molecular weight is 818 g/mol. The van der Waals surface area contributed by atoms with Gasteiger partial charge in [-0.15, -0.1) is 0 Å². The normalized spacial score (nSPS) is 11.1. The second-order valence-electron chi connectivity index (χ2n) is 16.1. The summed E-state index contributed by atoms with van der Waals surface area (Å²) in [5.74, 6) is 0.877. The quantitative estimate of drug-likeness (QED) is 0.137. The van der Waals surface area contributed by atoms with Crippen LogP contribution in [0.4, 0.5) is 17.1 Å². The molecule has 64 heavy (non-hydrogen) atoms. The highest BCUT2D eigenvalue weighted by molar-refractivity contribution is 6.02. The van der Waals surface area contributed by atoms with Crippen LogP contribution in [0.5, 0.6) is 0 Å². The van der Waals surface area contributed by atoms with E-state index in [2.05, 4.69) is 254 Å². The Morgan fingerprint density at radius 3 is 1.16 bits per heavy atom. The first kappa shape index (κ1) is 38.5. The van der Waals surface area contributed by atoms with Crippen molar-refractivity contribution in [2.75, 3.05) is 4.90 Å². The standard InChI is InChI=1S/C62H43NO/c1-4-15-44(16-5-1)45-27-29-46(30-28-45)47-31-37-54(38-32-47)63(56-41-35-50(36-42-56)58-24-11-10-23-57(58)49-17-6-2-7-18-49)55-39-33-48(34-40-55)52-21-14-22-53(43-52)62-61(51-19-8-3-9-20-51)59-25-12-13-26-60(59)64-62/h1-43H. The third-order valence-electron chi connectivity index (χ3n) is 12.1. The van der Waals surface area contributed by atoms with Crippen LogP contribution in [-0.4, -0.2) is 0 Å². The van der Waals surface area contributed by atoms with Gasteiger partial charge in [0.1, 0.15) is 11.3 Å². The molecule has 0 unspecified atom stereocenters. The highest BCUT2D eigenvalue weighted by atomic mass is 16.3. The largest absolute Gasteiger partial charge is 0.455 e. The van der Waals surface area contributed by atoms with Gasteiger partial charge in [-0.1, -0.05) is 212 Å². The lowest BCUT2D eigenvalue weighted by molar-refractivity contribution is 0.632. The Labute approximate surface area is 374 Å². The van der Waals surface area contributed by atoms with E-state index >= 15 is 0 Å². The second kappa shape index (κ2) is 17.1. The summed E-state index contributed by atoms with van der Waals surface area (Å²) >= 11 is 0. The average Bonchev–Trinajstić information content (AvgIpc) is 3.78. The van der Waals surface area contributed by atoms with Gasteiger partial charge in [0.25, 0.3) is 0 Å². The van der Waals surface area contributed by atoms with Gasteiger partial charge in [-0.3, -0.25) is 0 Å². The van der Waals surface area contributed by atoms with Crippen molar-refractivity contribution in [2.24, 2.45) is 0 Å². The smallest absolute Gasteiger partial charge is 0.143 e. The number of furan rings is 1. The summed E-state index contributed by atoms with van der Waals surface area (Å²) in [6, 6.07) is 93.0. The fraction of sp³-hybridized carbons (Fsp3) is 0. The van der Waals surface area contributed by atoms with Crippen molar-refractivity contribution < 1.29 is 4.42 Å². The van der Waals surface area contributed by atoms with E-state index in [0.717, 1.165) is 61.6 Å². The highest BCUT2D eigenvalue weighted by Crippen LogP contribution is 2.43. The monoisotopic (exact) mass is 817 g/mol. The van der Waals surface area contributed by atoms with Gasteiger partial charge in [0, 0.05) is 33.6 Å². The third-order valence-corrected chi connectivity index (χ3v) is 12.1. The predicted molar refractivity (Wildman–Crippen MR) is 269 cm³/mol. The first-order chi connectivity index (χ1) is 31.7. The topological polar surface area (TPSA) is 16.4 Å². The molecule has 0 aliphatic rings. The molecule has 11 rings (SSSR count). The van der Waals surface area contributed by atoms with Crippen LogP contribution in [0.25, 0.3) is 89.1 Å². The van der Waals surface area contributed by atoms with Gasteiger partial charge in [0.15, 0.2) is 0 Å². The first-order valence-electron chi connectivity index (χ1n) is 21.8. The van der Waals surface area contributed by atoms with Gasteiger partial charge in [-0.05, 0) is 110 Å². The molecule has 0 amide bonds. The van der Waals surface area contributed by atoms with Crippen LogP contribution in [0.3, 0.4) is 0 Å². The number of nitrogens with zero attached hydrogens (tertiary/aromatic N) is 1. The molecule has 0 spiro atoms. The molecule has 2 heteroatoms. The van der Waals surface area contributed by atoms with Crippen LogP contribution >= 0.6 is 0 Å². The summed E-state index contributed by atoms with van der Waals surface area (Å²) in [5, 5.41) is 1.11. The number of anilines is 3. The summed E-state index contributed by atoms with van der Waals surface area (Å²) in [7, 11) is 0. The van der Waals surface area contributed by atoms with E-state index < -0.39 is 0 Å². The lowest BCUT2D eigenvalue weighted by Crippen LogP contribution is -2.09. The molecule has 1 aromatic heterocycles. The minimum Gasteiger partial charge on any atom is -0.455 e. The third kappa shape index (κ3) is 7.59. The molecule has 0 saturated carbocycles. The minimum atomic E-state index is 0.877. The number of rotatable bonds is 10. The Hall–Kier alpha value is -8.46. The molecule has 2 nitrogen and oxygen atoms in total. The summed E-state index contributed by atoms with van der Waals surface area (Å²) in [5.41, 5.74) is 19.3. The summed E-state index contributed by atoms with van der Waals surface area (Å²) in [4.78, 5) is 2.34. The van der Waals surface area contributed by atoms with Crippen LogP contribution in [0.2, 0.25) is 0 Å². The highest BCUT2D eigenvalue weighted by Gasteiger charge is 2.19. The van der Waals surface area contributed by atoms with Gasteiger partial charge >= 0.3 is 0 Å². The van der Waals surface area contributed by atoms with E-state index in [4.69, 9.17) is 4.42 Å². The van der Waals surface area contributed by atoms with E-state index in [1.165, 1.54) is 44.5 Å². The first-order valence-corrected chi connectivity index (χ1v) is 21.8. The number of hydrogen-bond acceptors (Lipinski definition) is 2. The van der Waals surface area contributed by atoms with E-state index in [0.29, 0.717) is 0 Å². The van der Waals surface area contributed by atoms with E-state index in [1.54, 1.807) is 0 Å². The predicted octanol–water partition coefficient (Wildman–Crippen LogP) is 17.6. The fourth-order valence-electron chi connectivity index (χ4n) is 8.91. The molecule has 0 atom stereocenters. The van der Waals surface area contributed by atoms with Gasteiger partial charge in [-0.2, -0.15) is 0 Å². The molecule has 0 radical (unpaired) electrons. The molecule has 0 bridgehead atoms. The van der Waals surface area contributed by atoms with Gasteiger partial charge < -0.3 is 9.32 Å². The van der Waals surface area contributed by atoms with Gasteiger partial charge in [-0.25, -0.2) is 0 Å². The van der Waals surface area contributed by atoms with E-state index in [1.807, 2.05) is 12.1 Å². The zero-order valence-corrected chi connectivity index (χ0v) is 35.2. The molecule has 0 fully saturated rings. The number of benzene rings is 10. The van der Waals surface area contributed by atoms with Gasteiger partial charge in [0.05, 0.1) is 0 Å². The minimum absolute atomic E-state index is 0.877. The van der Waals surface area contributed by atoms with Crippen molar-refractivity contribution in [3.8, 4) is 78.1 Å². The number of para-hydroxylation sites is 1. The Morgan fingerprint density at radius 2 is 0.609 bits per heavy atom. The Bertz CT molecular complexity index is 3320. The number of hydrogen-bond donors (Lipinski definition) is 0. The molecule has 10 aromatic carbocycles. The van der Waals surface area contributed by atoms with E-state index in [-0.39, 0.29) is 0 Å². The maximum Gasteiger partial charge on any atom is 0.143 e. The molecule has 0 aliphatic carbocycles. The lowest BCUT2D eigenvalue weighted by atomic mass is 9.94. The Balaban J connectivity index is 0.945. The van der Waals surface area contributed by atoms with E-state index in [9.17, 15) is 0 Å². The molecule has 302 valence electrons. The second-order valence-corrected chi connectivity index (χ2v) is 16.1. The van der Waals surface area contributed by atoms with Crippen molar-refractivity contribution in [1.29, 1.82) is 0 Å². The van der Waals surface area contributed by atoms with Crippen LogP contribution in [0.15, 0.2) is 265 Å². The molecule has 0 N–H and O–H groups in total. The molecule has 0 saturated heterocycles. The maximum atomic E-state index is 6.60. The summed E-state index contributed by atoms with van der Waals surface area (Å²) < 4.78 is 6.60. The molecular formula is C62H43NO. The Kier molecular flexibility index (Phi) is 10.3. The van der Waals surface area contributed by atoms with Crippen LogP contribution in [0.1, 0.15) is 0 Å². The van der Waals surface area contributed by atoms with Crippen LogP contribution in [0, 0.1) is 0 Å². The summed E-state index contributed by atoms with van der Waals surface area (Å²) in [6.45, 7) is 0. The Morgan fingerprint density at radius 1 is 0.250 bits per heavy atom. The number of fused-ring (bicyclic) bond motifs is 1.